The van der Waals surface area contributed by atoms with Gasteiger partial charge in [-0.2, -0.15) is 0 Å². The Kier molecular flexibility index (Phi) is 22.3. The highest BCUT2D eigenvalue weighted by molar-refractivity contribution is 5.65. The number of ether oxygens (including phenoxy) is 4. The van der Waals surface area contributed by atoms with E-state index in [2.05, 4.69) is 18.6 Å². The van der Waals surface area contributed by atoms with Gasteiger partial charge in [0.2, 0.25) is 0 Å². The van der Waals surface area contributed by atoms with Gasteiger partial charge in [-0.3, -0.25) is 4.79 Å². The van der Waals surface area contributed by atoms with Crippen molar-refractivity contribution < 1.29 is 28.8 Å². The molecule has 0 aromatic carbocycles. The van der Waals surface area contributed by atoms with Gasteiger partial charge in [0, 0.05) is 20.1 Å². The molecular formula is C14H30O6. The first kappa shape index (κ1) is 21.6. The van der Waals surface area contributed by atoms with Gasteiger partial charge in [-0.1, -0.05) is 13.8 Å². The van der Waals surface area contributed by atoms with Crippen molar-refractivity contribution in [2.75, 3.05) is 52.9 Å². The first-order valence-electron chi connectivity index (χ1n) is 7.16. The third-order valence-electron chi connectivity index (χ3n) is 1.84. The van der Waals surface area contributed by atoms with Crippen LogP contribution in [-0.2, 0) is 23.7 Å². The largest absolute Gasteiger partial charge is 0.463 e. The molecule has 6 nitrogen and oxygen atoms in total. The van der Waals surface area contributed by atoms with Crippen molar-refractivity contribution in [1.82, 2.24) is 0 Å². The molecule has 0 amide bonds. The summed E-state index contributed by atoms with van der Waals surface area (Å²) in [7, 11) is 0. The standard InChI is InChI=1S/C8H16O5.C6H14O/c1-8(10)13-7-6-12-5-4-11-3-2-9;1-3-5-7-6-4-2/h9H,2-7H2,1H3;3-6H2,1-2H3. The quantitative estimate of drug-likeness (QED) is 0.433. The maximum atomic E-state index is 10.3. The minimum absolute atomic E-state index is 0.0213. The van der Waals surface area contributed by atoms with Crippen LogP contribution in [0.25, 0.3) is 0 Å². The molecule has 0 spiro atoms. The summed E-state index contributed by atoms with van der Waals surface area (Å²) >= 11 is 0. The minimum Gasteiger partial charge on any atom is -0.463 e. The van der Waals surface area contributed by atoms with E-state index in [1.165, 1.54) is 6.92 Å². The molecular weight excluding hydrogens is 264 g/mol. The first-order chi connectivity index (χ1) is 9.68. The van der Waals surface area contributed by atoms with Crippen LogP contribution in [0.4, 0.5) is 0 Å². The second kappa shape index (κ2) is 20.6. The van der Waals surface area contributed by atoms with Gasteiger partial charge in [0.1, 0.15) is 6.61 Å². The van der Waals surface area contributed by atoms with Crippen molar-refractivity contribution in [2.45, 2.75) is 33.6 Å². The molecule has 0 aromatic heterocycles. The van der Waals surface area contributed by atoms with E-state index in [1.807, 2.05) is 0 Å². The lowest BCUT2D eigenvalue weighted by atomic mass is 10.5. The summed E-state index contributed by atoms with van der Waals surface area (Å²) in [5, 5.41) is 8.34. The third-order valence-corrected chi connectivity index (χ3v) is 1.84. The lowest BCUT2D eigenvalue weighted by Crippen LogP contribution is -2.12. The van der Waals surface area contributed by atoms with Crippen molar-refractivity contribution in [3.8, 4) is 0 Å². The summed E-state index contributed by atoms with van der Waals surface area (Å²) in [6.45, 7) is 9.33. The highest BCUT2D eigenvalue weighted by atomic mass is 16.6. The van der Waals surface area contributed by atoms with E-state index in [-0.39, 0.29) is 19.2 Å². The number of carbonyl (C=O) groups is 1. The molecule has 0 bridgehead atoms. The van der Waals surface area contributed by atoms with Crippen LogP contribution < -0.4 is 0 Å². The first-order valence-corrected chi connectivity index (χ1v) is 7.16. The van der Waals surface area contributed by atoms with E-state index in [1.54, 1.807) is 0 Å². The number of hydrogen-bond acceptors (Lipinski definition) is 6. The molecule has 0 aliphatic carbocycles. The zero-order valence-electron chi connectivity index (χ0n) is 13.1. The summed E-state index contributed by atoms with van der Waals surface area (Å²) in [5.74, 6) is -0.305. The normalized spacial score (nSPS) is 9.80. The average molecular weight is 294 g/mol. The van der Waals surface area contributed by atoms with Crippen molar-refractivity contribution in [1.29, 1.82) is 0 Å². The average Bonchev–Trinajstić information content (AvgIpc) is 2.43. The second-order valence-corrected chi connectivity index (χ2v) is 3.90. The van der Waals surface area contributed by atoms with E-state index in [9.17, 15) is 4.79 Å². The number of rotatable bonds is 12. The SMILES string of the molecule is CC(=O)OCCOCCOCCO.CCCOCCC. The molecule has 20 heavy (non-hydrogen) atoms. The fourth-order valence-electron chi connectivity index (χ4n) is 1.02. The number of esters is 1. The van der Waals surface area contributed by atoms with E-state index in [0.29, 0.717) is 26.4 Å². The zero-order chi connectivity index (χ0) is 15.5. The third kappa shape index (κ3) is 26.0. The van der Waals surface area contributed by atoms with Crippen molar-refractivity contribution in [3.05, 3.63) is 0 Å². The summed E-state index contributed by atoms with van der Waals surface area (Å²) in [6, 6.07) is 0. The zero-order valence-corrected chi connectivity index (χ0v) is 13.1. The Hall–Kier alpha value is -0.690. The monoisotopic (exact) mass is 294 g/mol. The van der Waals surface area contributed by atoms with Crippen molar-refractivity contribution in [2.24, 2.45) is 0 Å². The topological polar surface area (TPSA) is 74.2 Å². The molecule has 0 radical (unpaired) electrons. The van der Waals surface area contributed by atoms with Crippen LogP contribution in [0.1, 0.15) is 33.6 Å². The summed E-state index contributed by atoms with van der Waals surface area (Å²) in [6.07, 6.45) is 2.28. The minimum atomic E-state index is -0.305. The molecule has 0 saturated carbocycles. The Labute approximate surface area is 122 Å². The van der Waals surface area contributed by atoms with E-state index < -0.39 is 0 Å². The molecule has 0 unspecified atom stereocenters. The maximum absolute atomic E-state index is 10.3. The number of aliphatic hydroxyl groups excluding tert-OH is 1. The van der Waals surface area contributed by atoms with Crippen LogP contribution in [0.5, 0.6) is 0 Å². The Morgan fingerprint density at radius 1 is 0.800 bits per heavy atom. The van der Waals surface area contributed by atoms with Gasteiger partial charge in [0.05, 0.1) is 33.0 Å². The predicted molar refractivity (Wildman–Crippen MR) is 76.8 cm³/mol. The predicted octanol–water partition coefficient (Wildman–Crippen LogP) is 1.40. The molecule has 0 heterocycles. The van der Waals surface area contributed by atoms with Crippen LogP contribution in [0.3, 0.4) is 0 Å². The van der Waals surface area contributed by atoms with Gasteiger partial charge in [-0.05, 0) is 12.8 Å². The van der Waals surface area contributed by atoms with E-state index in [4.69, 9.17) is 19.3 Å². The van der Waals surface area contributed by atoms with Gasteiger partial charge in [-0.25, -0.2) is 0 Å². The smallest absolute Gasteiger partial charge is 0.302 e. The molecule has 0 fully saturated rings. The molecule has 0 rings (SSSR count). The molecule has 0 aliphatic rings. The molecule has 6 heteroatoms. The second-order valence-electron chi connectivity index (χ2n) is 3.90. The van der Waals surface area contributed by atoms with E-state index in [0.717, 1.165) is 26.1 Å². The Bertz CT molecular complexity index is 183. The van der Waals surface area contributed by atoms with Crippen LogP contribution in [0.2, 0.25) is 0 Å². The lowest BCUT2D eigenvalue weighted by molar-refractivity contribution is -0.142. The van der Waals surface area contributed by atoms with E-state index >= 15 is 0 Å². The lowest BCUT2D eigenvalue weighted by Gasteiger charge is -2.04. The van der Waals surface area contributed by atoms with Crippen LogP contribution >= 0.6 is 0 Å². The number of aliphatic hydroxyl groups is 1. The Morgan fingerprint density at radius 3 is 1.70 bits per heavy atom. The molecule has 1 N–H and O–H groups in total. The molecule has 0 aliphatic heterocycles. The van der Waals surface area contributed by atoms with Gasteiger partial charge in [0.15, 0.2) is 0 Å². The highest BCUT2D eigenvalue weighted by Crippen LogP contribution is 1.82. The van der Waals surface area contributed by atoms with Gasteiger partial charge in [0.25, 0.3) is 0 Å². The molecule has 0 atom stereocenters. The van der Waals surface area contributed by atoms with Crippen LogP contribution in [-0.4, -0.2) is 63.9 Å². The summed E-state index contributed by atoms with van der Waals surface area (Å²) in [5.41, 5.74) is 0. The number of hydrogen-bond donors (Lipinski definition) is 1. The van der Waals surface area contributed by atoms with Gasteiger partial charge < -0.3 is 24.1 Å². The molecule has 0 aromatic rings. The van der Waals surface area contributed by atoms with Gasteiger partial charge >= 0.3 is 5.97 Å². The van der Waals surface area contributed by atoms with Gasteiger partial charge in [-0.15, -0.1) is 0 Å². The summed E-state index contributed by atoms with van der Waals surface area (Å²) < 4.78 is 19.7. The van der Waals surface area contributed by atoms with Crippen LogP contribution in [0, 0.1) is 0 Å². The fourth-order valence-corrected chi connectivity index (χ4v) is 1.02. The Balaban J connectivity index is 0. The van der Waals surface area contributed by atoms with Crippen LogP contribution in [0.15, 0.2) is 0 Å². The molecule has 0 saturated heterocycles. The summed E-state index contributed by atoms with van der Waals surface area (Å²) in [4.78, 5) is 10.3. The van der Waals surface area contributed by atoms with Crippen molar-refractivity contribution in [3.63, 3.8) is 0 Å². The molecule has 122 valence electrons. The Morgan fingerprint density at radius 2 is 1.25 bits per heavy atom. The highest BCUT2D eigenvalue weighted by Gasteiger charge is 1.92. The number of carbonyl (C=O) groups excluding carboxylic acids is 1. The van der Waals surface area contributed by atoms with Crippen molar-refractivity contribution >= 4 is 5.97 Å². The maximum Gasteiger partial charge on any atom is 0.302 e. The fraction of sp³-hybridized carbons (Fsp3) is 0.929.